The van der Waals surface area contributed by atoms with Crippen LogP contribution in [0.2, 0.25) is 4.34 Å². The second-order valence-electron chi connectivity index (χ2n) is 3.66. The second-order valence-corrected chi connectivity index (χ2v) is 8.84. The van der Waals surface area contributed by atoms with Crippen molar-refractivity contribution in [2.45, 2.75) is 21.9 Å². The molecule has 2 rings (SSSR count). The maximum absolute atomic E-state index is 12.2. The molecular weight excluding hydrogens is 334 g/mol. The quantitative estimate of drug-likeness (QED) is 0.774. The molecule has 1 aromatic heterocycles. The zero-order valence-corrected chi connectivity index (χ0v) is 12.4. The van der Waals surface area contributed by atoms with Crippen LogP contribution in [0.3, 0.4) is 0 Å². The third-order valence-corrected chi connectivity index (χ3v) is 6.78. The van der Waals surface area contributed by atoms with E-state index in [1.165, 1.54) is 4.31 Å². The van der Waals surface area contributed by atoms with E-state index in [4.69, 9.17) is 11.6 Å². The Balaban J connectivity index is 2.25. The highest BCUT2D eigenvalue weighted by Crippen LogP contribution is 2.30. The minimum Gasteiger partial charge on any atom is -0.206 e. The van der Waals surface area contributed by atoms with Crippen LogP contribution in [0, 0.1) is 0 Å². The van der Waals surface area contributed by atoms with Crippen molar-refractivity contribution < 1.29 is 8.42 Å². The molecule has 2 heterocycles. The summed E-state index contributed by atoms with van der Waals surface area (Å²) in [4.78, 5) is 0.256. The number of hydrogen-bond donors (Lipinski definition) is 0. The van der Waals surface area contributed by atoms with Crippen molar-refractivity contribution in [3.63, 3.8) is 0 Å². The first kappa shape index (κ1) is 12.8. The summed E-state index contributed by atoms with van der Waals surface area (Å²) in [6.45, 7) is 1.14. The Morgan fingerprint density at radius 2 is 2.25 bits per heavy atom. The van der Waals surface area contributed by atoms with E-state index in [9.17, 15) is 8.42 Å². The molecule has 1 fully saturated rings. The number of halogens is 2. The Morgan fingerprint density at radius 3 is 2.81 bits per heavy atom. The van der Waals surface area contributed by atoms with E-state index < -0.39 is 10.0 Å². The molecule has 0 N–H and O–H groups in total. The fourth-order valence-corrected chi connectivity index (χ4v) is 5.70. The molecule has 1 unspecified atom stereocenters. The molecule has 1 atom stereocenters. The molecule has 16 heavy (non-hydrogen) atoms. The first-order valence-corrected chi connectivity index (χ1v) is 8.45. The van der Waals surface area contributed by atoms with Crippen LogP contribution in [0.25, 0.3) is 0 Å². The van der Waals surface area contributed by atoms with Crippen molar-refractivity contribution in [3.05, 3.63) is 16.5 Å². The number of nitrogens with zero attached hydrogens (tertiary/aromatic N) is 1. The molecular formula is C9H11BrClNO2S2. The molecule has 1 aliphatic heterocycles. The Morgan fingerprint density at radius 1 is 1.50 bits per heavy atom. The van der Waals surface area contributed by atoms with Crippen molar-refractivity contribution in [2.75, 3.05) is 13.1 Å². The molecule has 3 nitrogen and oxygen atoms in total. The van der Waals surface area contributed by atoms with Crippen LogP contribution in [0.5, 0.6) is 0 Å². The third kappa shape index (κ3) is 2.61. The summed E-state index contributed by atoms with van der Waals surface area (Å²) in [7, 11) is -3.34. The van der Waals surface area contributed by atoms with Gasteiger partial charge in [0.1, 0.15) is 4.21 Å². The zero-order chi connectivity index (χ0) is 11.8. The van der Waals surface area contributed by atoms with Crippen LogP contribution in [-0.2, 0) is 10.0 Å². The molecule has 1 aliphatic rings. The van der Waals surface area contributed by atoms with E-state index in [1.807, 2.05) is 0 Å². The molecule has 7 heteroatoms. The van der Waals surface area contributed by atoms with E-state index in [0.717, 1.165) is 24.2 Å². The van der Waals surface area contributed by atoms with Crippen LogP contribution < -0.4 is 0 Å². The highest BCUT2D eigenvalue weighted by Gasteiger charge is 2.30. The monoisotopic (exact) mass is 343 g/mol. The Labute approximate surface area is 113 Å². The van der Waals surface area contributed by atoms with Gasteiger partial charge >= 0.3 is 0 Å². The molecule has 1 aromatic rings. The molecule has 0 spiro atoms. The fourth-order valence-electron chi connectivity index (χ4n) is 1.67. The van der Waals surface area contributed by atoms with Gasteiger partial charge in [-0.05, 0) is 25.0 Å². The third-order valence-electron chi connectivity index (χ3n) is 2.47. The molecule has 0 radical (unpaired) electrons. The largest absolute Gasteiger partial charge is 0.252 e. The summed E-state index contributed by atoms with van der Waals surface area (Å²) < 4.78 is 26.8. The van der Waals surface area contributed by atoms with Gasteiger partial charge in [0.25, 0.3) is 10.0 Å². The summed E-state index contributed by atoms with van der Waals surface area (Å²) >= 11 is 10.3. The van der Waals surface area contributed by atoms with Crippen LogP contribution in [-0.4, -0.2) is 30.6 Å². The van der Waals surface area contributed by atoms with E-state index in [2.05, 4.69) is 15.9 Å². The Kier molecular flexibility index (Phi) is 3.96. The molecule has 1 saturated heterocycles. The van der Waals surface area contributed by atoms with Crippen LogP contribution >= 0.6 is 38.9 Å². The van der Waals surface area contributed by atoms with Gasteiger partial charge in [-0.15, -0.1) is 11.3 Å². The predicted octanol–water partition coefficient (Wildman–Crippen LogP) is 2.95. The number of rotatable bonds is 2. The topological polar surface area (TPSA) is 37.4 Å². The number of piperidine rings is 1. The fraction of sp³-hybridized carbons (Fsp3) is 0.556. The first-order valence-electron chi connectivity index (χ1n) is 4.90. The summed E-state index contributed by atoms with van der Waals surface area (Å²) in [6.07, 6.45) is 1.92. The predicted molar refractivity (Wildman–Crippen MR) is 70.0 cm³/mol. The second kappa shape index (κ2) is 4.94. The van der Waals surface area contributed by atoms with Crippen LogP contribution in [0.4, 0.5) is 0 Å². The molecule has 0 aliphatic carbocycles. The minimum absolute atomic E-state index is 0.256. The van der Waals surface area contributed by atoms with Crippen molar-refractivity contribution in [3.8, 4) is 0 Å². The van der Waals surface area contributed by atoms with E-state index in [0.29, 0.717) is 21.6 Å². The SMILES string of the molecule is O=S(=O)(c1ccc(Cl)s1)N1CCCC(Br)C1. The van der Waals surface area contributed by atoms with Crippen molar-refractivity contribution in [2.24, 2.45) is 0 Å². The lowest BCUT2D eigenvalue weighted by molar-refractivity contribution is 0.357. The minimum atomic E-state index is -3.34. The van der Waals surface area contributed by atoms with Gasteiger partial charge in [-0.2, -0.15) is 4.31 Å². The van der Waals surface area contributed by atoms with Gasteiger partial charge in [0.15, 0.2) is 0 Å². The maximum Gasteiger partial charge on any atom is 0.252 e. The van der Waals surface area contributed by atoms with Crippen molar-refractivity contribution >= 4 is 48.9 Å². The van der Waals surface area contributed by atoms with Crippen molar-refractivity contribution in [1.82, 2.24) is 4.31 Å². The van der Waals surface area contributed by atoms with E-state index in [-0.39, 0.29) is 4.83 Å². The van der Waals surface area contributed by atoms with Crippen molar-refractivity contribution in [1.29, 1.82) is 0 Å². The smallest absolute Gasteiger partial charge is 0.206 e. The summed E-state index contributed by atoms with van der Waals surface area (Å²) in [5, 5.41) is 0. The first-order chi connectivity index (χ1) is 7.50. The van der Waals surface area contributed by atoms with Gasteiger partial charge in [-0.3, -0.25) is 0 Å². The van der Waals surface area contributed by atoms with Gasteiger partial charge in [0.2, 0.25) is 0 Å². The molecule has 90 valence electrons. The highest BCUT2D eigenvalue weighted by atomic mass is 79.9. The lowest BCUT2D eigenvalue weighted by Gasteiger charge is -2.28. The van der Waals surface area contributed by atoms with E-state index in [1.54, 1.807) is 12.1 Å². The van der Waals surface area contributed by atoms with Crippen LogP contribution in [0.15, 0.2) is 16.3 Å². The maximum atomic E-state index is 12.2. The lowest BCUT2D eigenvalue weighted by atomic mass is 10.2. The Bertz CT molecular complexity index is 474. The molecule has 0 bridgehead atoms. The molecule has 0 saturated carbocycles. The zero-order valence-electron chi connectivity index (χ0n) is 8.40. The summed E-state index contributed by atoms with van der Waals surface area (Å²) in [5.41, 5.74) is 0. The van der Waals surface area contributed by atoms with E-state index >= 15 is 0 Å². The standard InChI is InChI=1S/C9H11BrClNO2S2/c10-7-2-1-5-12(6-7)16(13,14)9-4-3-8(11)15-9/h3-4,7H,1-2,5-6H2. The molecule has 0 aromatic carbocycles. The summed E-state index contributed by atoms with van der Waals surface area (Å²) in [5.74, 6) is 0. The van der Waals surface area contributed by atoms with Gasteiger partial charge in [-0.25, -0.2) is 8.42 Å². The molecule has 0 amide bonds. The Hall–Kier alpha value is 0.380. The average molecular weight is 345 g/mol. The highest BCUT2D eigenvalue weighted by molar-refractivity contribution is 9.09. The number of alkyl halides is 1. The number of sulfonamides is 1. The number of hydrogen-bond acceptors (Lipinski definition) is 3. The normalized spacial score (nSPS) is 23.5. The average Bonchev–Trinajstić information content (AvgIpc) is 2.65. The van der Waals surface area contributed by atoms with Crippen LogP contribution in [0.1, 0.15) is 12.8 Å². The summed E-state index contributed by atoms with van der Waals surface area (Å²) in [6, 6.07) is 3.19. The van der Waals surface area contributed by atoms with Gasteiger partial charge < -0.3 is 0 Å². The van der Waals surface area contributed by atoms with Gasteiger partial charge in [-0.1, -0.05) is 27.5 Å². The lowest BCUT2D eigenvalue weighted by Crippen LogP contribution is -2.39. The van der Waals surface area contributed by atoms with Gasteiger partial charge in [0.05, 0.1) is 4.34 Å². The number of thiophene rings is 1. The van der Waals surface area contributed by atoms with Gasteiger partial charge in [0, 0.05) is 17.9 Å².